The molecule has 220 valence electrons. The van der Waals surface area contributed by atoms with Crippen molar-refractivity contribution in [3.8, 4) is 28.0 Å². The summed E-state index contributed by atoms with van der Waals surface area (Å²) in [4.78, 5) is 38.7. The fourth-order valence-corrected chi connectivity index (χ4v) is 5.01. The number of carbonyl (C=O) groups excluding carboxylic acids is 2. The Morgan fingerprint density at radius 3 is 2.43 bits per heavy atom. The van der Waals surface area contributed by atoms with Crippen LogP contribution in [0.5, 0.6) is 5.75 Å². The van der Waals surface area contributed by atoms with E-state index < -0.39 is 11.8 Å². The van der Waals surface area contributed by atoms with Crippen LogP contribution in [-0.2, 0) is 16.1 Å². The van der Waals surface area contributed by atoms with E-state index in [0.29, 0.717) is 28.1 Å². The highest BCUT2D eigenvalue weighted by Gasteiger charge is 2.22. The van der Waals surface area contributed by atoms with Crippen molar-refractivity contribution in [2.75, 3.05) is 39.6 Å². The molecule has 3 amide bonds. The second-order valence-electron chi connectivity index (χ2n) is 10.4. The Morgan fingerprint density at radius 1 is 1.10 bits per heavy atom. The van der Waals surface area contributed by atoms with Gasteiger partial charge < -0.3 is 30.3 Å². The quantitative estimate of drug-likeness (QED) is 0.308. The molecule has 3 aromatic carbocycles. The SMILES string of the molecule is COc1cc(-c2cccc(-c3cccc(NC(=O)C4=CNC(=O)N(C)C4)c3C)c2C)cc(F)c1CN(C)CCC(=O)O. The average Bonchev–Trinajstić information content (AvgIpc) is 2.95. The van der Waals surface area contributed by atoms with Gasteiger partial charge in [-0.25, -0.2) is 9.18 Å². The number of urea groups is 1. The molecule has 0 bridgehead atoms. The summed E-state index contributed by atoms with van der Waals surface area (Å²) in [7, 11) is 4.85. The average molecular weight is 575 g/mol. The van der Waals surface area contributed by atoms with Crippen LogP contribution in [0.15, 0.2) is 60.3 Å². The van der Waals surface area contributed by atoms with Crippen molar-refractivity contribution in [1.82, 2.24) is 15.1 Å². The topological polar surface area (TPSA) is 111 Å². The van der Waals surface area contributed by atoms with Gasteiger partial charge in [-0.05, 0) is 72.5 Å². The molecule has 0 saturated carbocycles. The number of amides is 3. The Balaban J connectivity index is 1.64. The monoisotopic (exact) mass is 574 g/mol. The Hall–Kier alpha value is -4.70. The van der Waals surface area contributed by atoms with Gasteiger partial charge in [0.2, 0.25) is 0 Å². The minimum atomic E-state index is -0.910. The largest absolute Gasteiger partial charge is 0.496 e. The van der Waals surface area contributed by atoms with Gasteiger partial charge in [0.1, 0.15) is 11.6 Å². The number of carboxylic acids is 1. The van der Waals surface area contributed by atoms with E-state index in [1.807, 2.05) is 50.2 Å². The zero-order chi connectivity index (χ0) is 30.6. The summed E-state index contributed by atoms with van der Waals surface area (Å²) in [6.45, 7) is 4.59. The first-order chi connectivity index (χ1) is 20.0. The van der Waals surface area contributed by atoms with Gasteiger partial charge in [0.25, 0.3) is 5.91 Å². The molecule has 0 spiro atoms. The summed E-state index contributed by atoms with van der Waals surface area (Å²) in [5.74, 6) is -1.26. The lowest BCUT2D eigenvalue weighted by atomic mass is 9.90. The number of hydrogen-bond donors (Lipinski definition) is 3. The van der Waals surface area contributed by atoms with Crippen LogP contribution in [0.4, 0.5) is 14.9 Å². The number of hydrogen-bond acceptors (Lipinski definition) is 5. The third-order valence-corrected chi connectivity index (χ3v) is 7.44. The normalized spacial score (nSPS) is 13.1. The Morgan fingerprint density at radius 2 is 1.76 bits per heavy atom. The van der Waals surface area contributed by atoms with Gasteiger partial charge in [-0.3, -0.25) is 9.59 Å². The second-order valence-corrected chi connectivity index (χ2v) is 10.4. The van der Waals surface area contributed by atoms with Crippen LogP contribution in [0, 0.1) is 19.7 Å². The molecule has 0 fully saturated rings. The van der Waals surface area contributed by atoms with Crippen molar-refractivity contribution in [2.24, 2.45) is 0 Å². The summed E-state index contributed by atoms with van der Waals surface area (Å²) in [6, 6.07) is 14.5. The number of likely N-dealkylation sites (N-methyl/N-ethyl adjacent to an activating group) is 1. The third kappa shape index (κ3) is 6.60. The molecule has 3 N–H and O–H groups in total. The van der Waals surface area contributed by atoms with Crippen LogP contribution < -0.4 is 15.4 Å². The third-order valence-electron chi connectivity index (χ3n) is 7.44. The fraction of sp³-hybridized carbons (Fsp3) is 0.281. The number of carbonyl (C=O) groups is 3. The lowest BCUT2D eigenvalue weighted by Crippen LogP contribution is -2.42. The first kappa shape index (κ1) is 30.3. The summed E-state index contributed by atoms with van der Waals surface area (Å²) >= 11 is 0. The van der Waals surface area contributed by atoms with Gasteiger partial charge in [0, 0.05) is 37.6 Å². The molecule has 0 saturated heterocycles. The smallest absolute Gasteiger partial charge is 0.321 e. The first-order valence-corrected chi connectivity index (χ1v) is 13.5. The van der Waals surface area contributed by atoms with Gasteiger partial charge in [0.15, 0.2) is 0 Å². The molecule has 0 atom stereocenters. The van der Waals surface area contributed by atoms with Gasteiger partial charge >= 0.3 is 12.0 Å². The summed E-state index contributed by atoms with van der Waals surface area (Å²) in [5.41, 5.74) is 6.56. The number of rotatable bonds is 10. The lowest BCUT2D eigenvalue weighted by molar-refractivity contribution is -0.137. The van der Waals surface area contributed by atoms with E-state index in [4.69, 9.17) is 9.84 Å². The number of aliphatic carboxylic acids is 1. The van der Waals surface area contributed by atoms with E-state index in [-0.39, 0.29) is 38.0 Å². The molecule has 0 aliphatic carbocycles. The van der Waals surface area contributed by atoms with Crippen molar-refractivity contribution in [1.29, 1.82) is 0 Å². The van der Waals surface area contributed by atoms with E-state index in [0.717, 1.165) is 27.8 Å². The fourth-order valence-electron chi connectivity index (χ4n) is 5.01. The predicted octanol–water partition coefficient (Wildman–Crippen LogP) is 5.17. The molecule has 9 nitrogen and oxygen atoms in total. The zero-order valence-corrected chi connectivity index (χ0v) is 24.4. The second kappa shape index (κ2) is 12.9. The highest BCUT2D eigenvalue weighted by molar-refractivity contribution is 6.06. The number of nitrogens with zero attached hydrogens (tertiary/aromatic N) is 2. The zero-order valence-electron chi connectivity index (χ0n) is 24.4. The molecule has 1 heterocycles. The van der Waals surface area contributed by atoms with Crippen LogP contribution >= 0.6 is 0 Å². The molecule has 1 aliphatic rings. The van der Waals surface area contributed by atoms with E-state index in [2.05, 4.69) is 10.6 Å². The van der Waals surface area contributed by atoms with Crippen molar-refractivity contribution >= 4 is 23.6 Å². The molecule has 3 aromatic rings. The van der Waals surface area contributed by atoms with Crippen LogP contribution in [0.25, 0.3) is 22.3 Å². The van der Waals surface area contributed by atoms with Crippen molar-refractivity contribution in [3.63, 3.8) is 0 Å². The Kier molecular flexibility index (Phi) is 9.27. The van der Waals surface area contributed by atoms with Crippen molar-refractivity contribution in [3.05, 3.63) is 82.8 Å². The standard InChI is InChI=1S/C32H35FN4O5/c1-19-23(21-14-27(33)26(29(15-21)42-5)18-36(3)13-12-30(38)39)8-6-9-24(19)25-10-7-11-28(20(25)2)35-31(40)22-16-34-32(41)37(4)17-22/h6-11,14-16H,12-13,17-18H2,1-5H3,(H,34,41)(H,35,40)(H,38,39). The maximum absolute atomic E-state index is 15.4. The lowest BCUT2D eigenvalue weighted by Gasteiger charge is -2.23. The minimum Gasteiger partial charge on any atom is -0.496 e. The molecular formula is C32H35FN4O5. The van der Waals surface area contributed by atoms with Crippen LogP contribution in [-0.4, -0.2) is 67.1 Å². The number of methoxy groups -OCH3 is 1. The maximum Gasteiger partial charge on any atom is 0.321 e. The van der Waals surface area contributed by atoms with Gasteiger partial charge in [-0.2, -0.15) is 0 Å². The van der Waals surface area contributed by atoms with E-state index in [1.54, 1.807) is 25.1 Å². The predicted molar refractivity (Wildman–Crippen MR) is 160 cm³/mol. The van der Waals surface area contributed by atoms with Crippen LogP contribution in [0.3, 0.4) is 0 Å². The summed E-state index contributed by atoms with van der Waals surface area (Å²) < 4.78 is 21.0. The number of halogens is 1. The van der Waals surface area contributed by atoms with Gasteiger partial charge in [-0.15, -0.1) is 0 Å². The first-order valence-electron chi connectivity index (χ1n) is 13.5. The molecule has 1 aliphatic heterocycles. The Bertz CT molecular complexity index is 1570. The molecule has 0 radical (unpaired) electrons. The number of nitrogens with one attached hydrogen (secondary N) is 2. The Labute approximate surface area is 244 Å². The molecule has 0 unspecified atom stereocenters. The molecule has 0 aromatic heterocycles. The van der Waals surface area contributed by atoms with Crippen LogP contribution in [0.2, 0.25) is 0 Å². The molecule has 4 rings (SSSR count). The summed E-state index contributed by atoms with van der Waals surface area (Å²) in [6.07, 6.45) is 1.39. The van der Waals surface area contributed by atoms with E-state index >= 15 is 4.39 Å². The number of carboxylic acid groups (broad SMARTS) is 1. The van der Waals surface area contributed by atoms with E-state index in [9.17, 15) is 14.4 Å². The number of ether oxygens (including phenoxy) is 1. The van der Waals surface area contributed by atoms with Gasteiger partial charge in [0.05, 0.1) is 25.6 Å². The van der Waals surface area contributed by atoms with Crippen LogP contribution in [0.1, 0.15) is 23.1 Å². The maximum atomic E-state index is 15.4. The molecule has 42 heavy (non-hydrogen) atoms. The minimum absolute atomic E-state index is 0.0395. The summed E-state index contributed by atoms with van der Waals surface area (Å²) in [5, 5.41) is 14.5. The van der Waals surface area contributed by atoms with Crippen molar-refractivity contribution < 1.29 is 28.6 Å². The highest BCUT2D eigenvalue weighted by Crippen LogP contribution is 2.38. The highest BCUT2D eigenvalue weighted by atomic mass is 19.1. The molecule has 10 heteroatoms. The van der Waals surface area contributed by atoms with Gasteiger partial charge in [-0.1, -0.05) is 30.3 Å². The number of benzene rings is 3. The molecular weight excluding hydrogens is 539 g/mol. The van der Waals surface area contributed by atoms with E-state index in [1.165, 1.54) is 24.3 Å². The van der Waals surface area contributed by atoms with Crippen molar-refractivity contribution in [2.45, 2.75) is 26.8 Å². The number of anilines is 1.